The zero-order valence-electron chi connectivity index (χ0n) is 16.8. The number of likely N-dealkylation sites (tertiary alicyclic amines) is 1. The Bertz CT molecular complexity index is 550. The van der Waals surface area contributed by atoms with Crippen molar-refractivity contribution in [1.82, 2.24) is 30.3 Å². The Morgan fingerprint density at radius 1 is 1.31 bits per heavy atom. The molecule has 0 atom stereocenters. The molecule has 1 aromatic heterocycles. The summed E-state index contributed by atoms with van der Waals surface area (Å²) < 4.78 is 2.00. The number of hydrogen-bond acceptors (Lipinski definition) is 5. The predicted molar refractivity (Wildman–Crippen MR) is 111 cm³/mol. The van der Waals surface area contributed by atoms with E-state index < -0.39 is 0 Å². The average Bonchev–Trinajstić information content (AvgIpc) is 2.97. The maximum atomic E-state index is 4.77. The zero-order valence-corrected chi connectivity index (χ0v) is 17.6. The van der Waals surface area contributed by atoms with Crippen molar-refractivity contribution in [3.63, 3.8) is 0 Å². The van der Waals surface area contributed by atoms with E-state index in [0.717, 1.165) is 36.3 Å². The van der Waals surface area contributed by atoms with E-state index in [-0.39, 0.29) is 0 Å². The molecule has 2 N–H and O–H groups in total. The Morgan fingerprint density at radius 2 is 2.08 bits per heavy atom. The van der Waals surface area contributed by atoms with Gasteiger partial charge in [0.2, 0.25) is 0 Å². The molecule has 2 rings (SSSR count). The third kappa shape index (κ3) is 6.79. The third-order valence-electron chi connectivity index (χ3n) is 4.85. The Labute approximate surface area is 162 Å². The van der Waals surface area contributed by atoms with Gasteiger partial charge in [-0.15, -0.1) is 10.2 Å². The number of aromatic nitrogens is 3. The summed E-state index contributed by atoms with van der Waals surface area (Å²) in [4.78, 5) is 7.32. The van der Waals surface area contributed by atoms with Crippen LogP contribution < -0.4 is 10.6 Å². The van der Waals surface area contributed by atoms with Crippen LogP contribution in [0.3, 0.4) is 0 Å². The monoisotopic (exact) mass is 381 g/mol. The van der Waals surface area contributed by atoms with E-state index in [1.807, 2.05) is 30.3 Å². The van der Waals surface area contributed by atoms with Crippen LogP contribution in [0, 0.1) is 6.92 Å². The van der Waals surface area contributed by atoms with E-state index in [4.69, 9.17) is 4.99 Å². The Hall–Kier alpha value is -1.28. The van der Waals surface area contributed by atoms with Crippen LogP contribution in [0.1, 0.15) is 44.3 Å². The molecule has 1 aromatic rings. The van der Waals surface area contributed by atoms with Crippen LogP contribution in [0.25, 0.3) is 0 Å². The first-order valence-electron chi connectivity index (χ1n) is 9.75. The second-order valence-electron chi connectivity index (χ2n) is 6.92. The molecule has 1 saturated heterocycles. The molecule has 0 unspecified atom stereocenters. The summed E-state index contributed by atoms with van der Waals surface area (Å²) in [6.07, 6.45) is 6.87. The van der Waals surface area contributed by atoms with Gasteiger partial charge in [-0.1, -0.05) is 6.92 Å². The Kier molecular flexibility index (Phi) is 9.25. The number of aryl methyl sites for hydroxylation is 1. The largest absolute Gasteiger partial charge is 0.356 e. The second kappa shape index (κ2) is 11.4. The van der Waals surface area contributed by atoms with E-state index in [0.29, 0.717) is 12.6 Å². The molecule has 148 valence electrons. The highest BCUT2D eigenvalue weighted by atomic mass is 32.2. The van der Waals surface area contributed by atoms with Gasteiger partial charge in [-0.2, -0.15) is 11.8 Å². The van der Waals surface area contributed by atoms with E-state index in [1.165, 1.54) is 38.9 Å². The average molecular weight is 382 g/mol. The number of hydrogen-bond donors (Lipinski definition) is 2. The fourth-order valence-electron chi connectivity index (χ4n) is 3.12. The molecule has 0 saturated carbocycles. The molecule has 1 aliphatic rings. The number of piperidine rings is 1. The van der Waals surface area contributed by atoms with Gasteiger partial charge in [0.25, 0.3) is 0 Å². The third-order valence-corrected chi connectivity index (χ3v) is 5.54. The molecular weight excluding hydrogens is 346 g/mol. The Morgan fingerprint density at radius 3 is 2.69 bits per heavy atom. The number of rotatable bonds is 9. The normalized spacial score (nSPS) is 16.8. The lowest BCUT2D eigenvalue weighted by Gasteiger charge is -2.32. The standard InChI is InChI=1S/C18H35N7S/c1-5-10-25-11-7-16(8-12-25)21-18(19-9-6-13-26-4)20-14-17-23-22-15(2)24(17)3/h16H,5-14H2,1-4H3,(H2,19,20,21). The number of nitrogens with one attached hydrogen (secondary N) is 2. The van der Waals surface area contributed by atoms with Crippen LogP contribution in [0.2, 0.25) is 0 Å². The minimum atomic E-state index is 0.496. The second-order valence-corrected chi connectivity index (χ2v) is 7.91. The molecule has 0 aliphatic carbocycles. The van der Waals surface area contributed by atoms with Gasteiger partial charge in [-0.05, 0) is 51.2 Å². The van der Waals surface area contributed by atoms with Crippen LogP contribution >= 0.6 is 11.8 Å². The molecular formula is C18H35N7S. The van der Waals surface area contributed by atoms with Gasteiger partial charge in [0.1, 0.15) is 12.4 Å². The number of aliphatic imine (C=N–C) groups is 1. The smallest absolute Gasteiger partial charge is 0.191 e. The molecule has 2 heterocycles. The summed E-state index contributed by atoms with van der Waals surface area (Å²) in [5.74, 6) is 3.88. The van der Waals surface area contributed by atoms with Crippen molar-refractivity contribution in [2.75, 3.05) is 38.2 Å². The first-order valence-corrected chi connectivity index (χ1v) is 11.1. The van der Waals surface area contributed by atoms with Crippen molar-refractivity contribution < 1.29 is 0 Å². The molecule has 1 fully saturated rings. The zero-order chi connectivity index (χ0) is 18.8. The SMILES string of the molecule is CCCN1CCC(NC(=NCc2nnc(C)n2C)NCCCSC)CC1. The maximum Gasteiger partial charge on any atom is 0.191 e. The van der Waals surface area contributed by atoms with Crippen molar-refractivity contribution >= 4 is 17.7 Å². The van der Waals surface area contributed by atoms with E-state index in [2.05, 4.69) is 38.9 Å². The van der Waals surface area contributed by atoms with Gasteiger partial charge in [-0.3, -0.25) is 0 Å². The van der Waals surface area contributed by atoms with Crippen LogP contribution in [0.4, 0.5) is 0 Å². The van der Waals surface area contributed by atoms with Gasteiger partial charge in [0.05, 0.1) is 0 Å². The number of thioether (sulfide) groups is 1. The first-order chi connectivity index (χ1) is 12.6. The quantitative estimate of drug-likeness (QED) is 0.386. The van der Waals surface area contributed by atoms with Gasteiger partial charge < -0.3 is 20.1 Å². The Balaban J connectivity index is 1.90. The summed E-state index contributed by atoms with van der Waals surface area (Å²) in [6.45, 7) is 9.27. The van der Waals surface area contributed by atoms with Crippen molar-refractivity contribution in [3.8, 4) is 0 Å². The first kappa shape index (κ1) is 21.0. The molecule has 1 aliphatic heterocycles. The predicted octanol–water partition coefficient (Wildman–Crippen LogP) is 1.79. The highest BCUT2D eigenvalue weighted by Gasteiger charge is 2.19. The van der Waals surface area contributed by atoms with E-state index in [1.54, 1.807) is 0 Å². The van der Waals surface area contributed by atoms with Gasteiger partial charge >= 0.3 is 0 Å². The van der Waals surface area contributed by atoms with Gasteiger partial charge in [0, 0.05) is 32.7 Å². The summed E-state index contributed by atoms with van der Waals surface area (Å²) in [5.41, 5.74) is 0. The van der Waals surface area contributed by atoms with E-state index >= 15 is 0 Å². The van der Waals surface area contributed by atoms with E-state index in [9.17, 15) is 0 Å². The lowest BCUT2D eigenvalue weighted by atomic mass is 10.1. The molecule has 0 aromatic carbocycles. The van der Waals surface area contributed by atoms with Gasteiger partial charge in [0.15, 0.2) is 11.8 Å². The number of guanidine groups is 1. The minimum Gasteiger partial charge on any atom is -0.356 e. The molecule has 8 heteroatoms. The summed E-state index contributed by atoms with van der Waals surface area (Å²) in [6, 6.07) is 0.496. The topological polar surface area (TPSA) is 70.4 Å². The molecule has 0 amide bonds. The molecule has 0 bridgehead atoms. The van der Waals surface area contributed by atoms with Crippen molar-refractivity contribution in [2.45, 2.75) is 52.1 Å². The van der Waals surface area contributed by atoms with Crippen LogP contribution in [0.5, 0.6) is 0 Å². The molecule has 26 heavy (non-hydrogen) atoms. The highest BCUT2D eigenvalue weighted by molar-refractivity contribution is 7.98. The van der Waals surface area contributed by atoms with Crippen LogP contribution in [-0.2, 0) is 13.6 Å². The lowest BCUT2D eigenvalue weighted by molar-refractivity contribution is 0.206. The lowest BCUT2D eigenvalue weighted by Crippen LogP contribution is -2.49. The van der Waals surface area contributed by atoms with Crippen LogP contribution in [0.15, 0.2) is 4.99 Å². The fourth-order valence-corrected chi connectivity index (χ4v) is 3.56. The highest BCUT2D eigenvalue weighted by Crippen LogP contribution is 2.10. The number of nitrogens with zero attached hydrogens (tertiary/aromatic N) is 5. The summed E-state index contributed by atoms with van der Waals surface area (Å²) in [5, 5.41) is 15.5. The summed E-state index contributed by atoms with van der Waals surface area (Å²) in [7, 11) is 1.99. The van der Waals surface area contributed by atoms with Crippen molar-refractivity contribution in [2.24, 2.45) is 12.0 Å². The van der Waals surface area contributed by atoms with Crippen LogP contribution in [-0.4, -0.2) is 69.9 Å². The molecule has 0 radical (unpaired) electrons. The minimum absolute atomic E-state index is 0.496. The van der Waals surface area contributed by atoms with Crippen molar-refractivity contribution in [3.05, 3.63) is 11.6 Å². The van der Waals surface area contributed by atoms with Gasteiger partial charge in [-0.25, -0.2) is 4.99 Å². The van der Waals surface area contributed by atoms with Crippen molar-refractivity contribution in [1.29, 1.82) is 0 Å². The maximum absolute atomic E-state index is 4.77. The summed E-state index contributed by atoms with van der Waals surface area (Å²) >= 11 is 1.88. The fraction of sp³-hybridized carbons (Fsp3) is 0.833. The molecule has 0 spiro atoms. The molecule has 7 nitrogen and oxygen atoms in total.